The summed E-state index contributed by atoms with van der Waals surface area (Å²) in [6, 6.07) is 4.99. The summed E-state index contributed by atoms with van der Waals surface area (Å²) < 4.78 is 0. The molecule has 1 atom stereocenters. The third-order valence-electron chi connectivity index (χ3n) is 2.51. The zero-order valence-corrected chi connectivity index (χ0v) is 9.64. The lowest BCUT2D eigenvalue weighted by Gasteiger charge is -2.10. The van der Waals surface area contributed by atoms with E-state index >= 15 is 0 Å². The molecular formula is C12H17NO3. The highest BCUT2D eigenvalue weighted by Crippen LogP contribution is 2.22. The molecule has 1 unspecified atom stereocenters. The van der Waals surface area contributed by atoms with Gasteiger partial charge in [-0.15, -0.1) is 0 Å². The van der Waals surface area contributed by atoms with E-state index in [1.165, 1.54) is 6.07 Å². The maximum absolute atomic E-state index is 10.8. The molecule has 0 spiro atoms. The van der Waals surface area contributed by atoms with E-state index in [4.69, 9.17) is 0 Å². The Bertz CT molecular complexity index is 377. The van der Waals surface area contributed by atoms with Crippen LogP contribution in [-0.4, -0.2) is 16.1 Å². The number of aryl methyl sites for hydroxylation is 1. The van der Waals surface area contributed by atoms with Gasteiger partial charge in [0.25, 0.3) is 5.69 Å². The van der Waals surface area contributed by atoms with Crippen molar-refractivity contribution in [2.45, 2.75) is 39.2 Å². The lowest BCUT2D eigenvalue weighted by atomic mass is 10.0. The van der Waals surface area contributed by atoms with Crippen molar-refractivity contribution < 1.29 is 10.0 Å². The Morgan fingerprint density at radius 2 is 2.19 bits per heavy atom. The quantitative estimate of drug-likeness (QED) is 0.616. The standard InChI is InChI=1S/C12H17NO3/c1-3-4-11(14)8-10-7-9(2)5-6-12(10)13(15)16/h5-7,11,14H,3-4,8H2,1-2H3. The molecule has 16 heavy (non-hydrogen) atoms. The van der Waals surface area contributed by atoms with Crippen LogP contribution in [0.1, 0.15) is 30.9 Å². The van der Waals surface area contributed by atoms with Crippen molar-refractivity contribution >= 4 is 5.69 Å². The first-order chi connectivity index (χ1) is 7.54. The summed E-state index contributed by atoms with van der Waals surface area (Å²) in [6.07, 6.45) is 1.41. The van der Waals surface area contributed by atoms with Gasteiger partial charge in [0, 0.05) is 18.1 Å². The summed E-state index contributed by atoms with van der Waals surface area (Å²) in [6.45, 7) is 3.87. The van der Waals surface area contributed by atoms with E-state index in [-0.39, 0.29) is 5.69 Å². The number of hydrogen-bond acceptors (Lipinski definition) is 3. The molecule has 1 rings (SSSR count). The number of aliphatic hydroxyl groups is 1. The molecule has 1 aromatic rings. The van der Waals surface area contributed by atoms with Gasteiger partial charge < -0.3 is 5.11 Å². The van der Waals surface area contributed by atoms with Gasteiger partial charge in [-0.3, -0.25) is 10.1 Å². The highest BCUT2D eigenvalue weighted by Gasteiger charge is 2.16. The number of nitro groups is 1. The Labute approximate surface area is 95.1 Å². The minimum atomic E-state index is -0.495. The van der Waals surface area contributed by atoms with Crippen molar-refractivity contribution in [3.05, 3.63) is 39.4 Å². The van der Waals surface area contributed by atoms with Gasteiger partial charge in [0.05, 0.1) is 11.0 Å². The van der Waals surface area contributed by atoms with E-state index in [1.807, 2.05) is 13.8 Å². The van der Waals surface area contributed by atoms with Gasteiger partial charge in [-0.05, 0) is 19.4 Å². The predicted molar refractivity (Wildman–Crippen MR) is 62.5 cm³/mol. The molecule has 0 fully saturated rings. The Morgan fingerprint density at radius 3 is 2.75 bits per heavy atom. The van der Waals surface area contributed by atoms with Gasteiger partial charge in [0.15, 0.2) is 0 Å². The minimum Gasteiger partial charge on any atom is -0.393 e. The third-order valence-corrected chi connectivity index (χ3v) is 2.51. The number of nitro benzene ring substituents is 1. The molecule has 0 bridgehead atoms. The Kier molecular flexibility index (Phi) is 4.43. The first-order valence-electron chi connectivity index (χ1n) is 5.46. The zero-order valence-electron chi connectivity index (χ0n) is 9.64. The van der Waals surface area contributed by atoms with Crippen molar-refractivity contribution in [3.8, 4) is 0 Å². The zero-order chi connectivity index (χ0) is 12.1. The molecule has 0 radical (unpaired) electrons. The summed E-state index contributed by atoms with van der Waals surface area (Å²) in [4.78, 5) is 10.4. The normalized spacial score (nSPS) is 12.4. The van der Waals surface area contributed by atoms with Gasteiger partial charge in [-0.2, -0.15) is 0 Å². The second-order valence-corrected chi connectivity index (χ2v) is 4.04. The van der Waals surface area contributed by atoms with Crippen LogP contribution in [0.15, 0.2) is 18.2 Å². The smallest absolute Gasteiger partial charge is 0.272 e. The molecule has 88 valence electrons. The number of hydrogen-bond donors (Lipinski definition) is 1. The first-order valence-corrected chi connectivity index (χ1v) is 5.46. The molecule has 0 amide bonds. The van der Waals surface area contributed by atoms with Crippen molar-refractivity contribution in [2.75, 3.05) is 0 Å². The summed E-state index contributed by atoms with van der Waals surface area (Å²) in [5.74, 6) is 0. The van der Waals surface area contributed by atoms with Gasteiger partial charge in [0.1, 0.15) is 0 Å². The van der Waals surface area contributed by atoms with Crippen LogP contribution in [0.2, 0.25) is 0 Å². The molecule has 0 aliphatic carbocycles. The van der Waals surface area contributed by atoms with Crippen LogP contribution in [0.3, 0.4) is 0 Å². The van der Waals surface area contributed by atoms with Gasteiger partial charge >= 0.3 is 0 Å². The van der Waals surface area contributed by atoms with E-state index in [0.717, 1.165) is 12.0 Å². The van der Waals surface area contributed by atoms with E-state index in [0.29, 0.717) is 18.4 Å². The molecule has 0 aliphatic heterocycles. The average molecular weight is 223 g/mol. The number of aliphatic hydroxyl groups excluding tert-OH is 1. The fourth-order valence-electron chi connectivity index (χ4n) is 1.75. The molecule has 1 N–H and O–H groups in total. The number of rotatable bonds is 5. The Balaban J connectivity index is 2.92. The predicted octanol–water partition coefficient (Wildman–Crippen LogP) is 2.61. The second-order valence-electron chi connectivity index (χ2n) is 4.04. The van der Waals surface area contributed by atoms with E-state index in [2.05, 4.69) is 0 Å². The molecule has 4 heteroatoms. The molecule has 0 aliphatic rings. The Morgan fingerprint density at radius 1 is 1.50 bits per heavy atom. The van der Waals surface area contributed by atoms with Crippen LogP contribution >= 0.6 is 0 Å². The lowest BCUT2D eigenvalue weighted by Crippen LogP contribution is -2.11. The molecule has 4 nitrogen and oxygen atoms in total. The second kappa shape index (κ2) is 5.61. The van der Waals surface area contributed by atoms with Gasteiger partial charge in [-0.25, -0.2) is 0 Å². The monoisotopic (exact) mass is 223 g/mol. The summed E-state index contributed by atoms with van der Waals surface area (Å²) >= 11 is 0. The fraction of sp³-hybridized carbons (Fsp3) is 0.500. The van der Waals surface area contributed by atoms with E-state index in [9.17, 15) is 15.2 Å². The molecular weight excluding hydrogens is 206 g/mol. The fourth-order valence-corrected chi connectivity index (χ4v) is 1.75. The summed E-state index contributed by atoms with van der Waals surface area (Å²) in [7, 11) is 0. The van der Waals surface area contributed by atoms with Crippen LogP contribution < -0.4 is 0 Å². The maximum Gasteiger partial charge on any atom is 0.272 e. The number of nitrogens with zero attached hydrogens (tertiary/aromatic N) is 1. The van der Waals surface area contributed by atoms with Crippen LogP contribution in [-0.2, 0) is 6.42 Å². The minimum absolute atomic E-state index is 0.0979. The van der Waals surface area contributed by atoms with Crippen LogP contribution in [0, 0.1) is 17.0 Å². The van der Waals surface area contributed by atoms with Crippen LogP contribution in [0.5, 0.6) is 0 Å². The molecule has 0 saturated heterocycles. The van der Waals surface area contributed by atoms with E-state index in [1.54, 1.807) is 12.1 Å². The van der Waals surface area contributed by atoms with Crippen molar-refractivity contribution in [3.63, 3.8) is 0 Å². The first kappa shape index (κ1) is 12.6. The largest absolute Gasteiger partial charge is 0.393 e. The molecule has 0 saturated carbocycles. The Hall–Kier alpha value is -1.42. The molecule has 1 aromatic carbocycles. The SMILES string of the molecule is CCCC(O)Cc1cc(C)ccc1[N+](=O)[O-]. The molecule has 0 heterocycles. The van der Waals surface area contributed by atoms with Crippen LogP contribution in [0.4, 0.5) is 5.69 Å². The van der Waals surface area contributed by atoms with E-state index < -0.39 is 11.0 Å². The van der Waals surface area contributed by atoms with Gasteiger partial charge in [-0.1, -0.05) is 25.0 Å². The summed E-state index contributed by atoms with van der Waals surface area (Å²) in [5, 5.41) is 20.5. The highest BCUT2D eigenvalue weighted by atomic mass is 16.6. The average Bonchev–Trinajstić information content (AvgIpc) is 2.17. The van der Waals surface area contributed by atoms with Crippen molar-refractivity contribution in [1.29, 1.82) is 0 Å². The van der Waals surface area contributed by atoms with Crippen molar-refractivity contribution in [2.24, 2.45) is 0 Å². The summed E-state index contributed by atoms with van der Waals surface area (Å²) in [5.41, 5.74) is 1.69. The maximum atomic E-state index is 10.8. The van der Waals surface area contributed by atoms with Gasteiger partial charge in [0.2, 0.25) is 0 Å². The molecule has 0 aromatic heterocycles. The number of benzene rings is 1. The lowest BCUT2D eigenvalue weighted by molar-refractivity contribution is -0.385. The van der Waals surface area contributed by atoms with Crippen LogP contribution in [0.25, 0.3) is 0 Å². The topological polar surface area (TPSA) is 63.4 Å². The van der Waals surface area contributed by atoms with Crippen molar-refractivity contribution in [1.82, 2.24) is 0 Å². The third kappa shape index (κ3) is 3.31. The highest BCUT2D eigenvalue weighted by molar-refractivity contribution is 5.42.